The maximum absolute atomic E-state index is 12.5. The summed E-state index contributed by atoms with van der Waals surface area (Å²) in [4.78, 5) is 29.9. The van der Waals surface area contributed by atoms with E-state index in [4.69, 9.17) is 0 Å². The lowest BCUT2D eigenvalue weighted by atomic mass is 10.1. The van der Waals surface area contributed by atoms with Crippen molar-refractivity contribution in [1.29, 1.82) is 0 Å². The van der Waals surface area contributed by atoms with Crippen LogP contribution >= 0.6 is 11.8 Å². The Morgan fingerprint density at radius 2 is 1.78 bits per heavy atom. The maximum Gasteiger partial charge on any atom is 0.253 e. The second-order valence-corrected chi connectivity index (χ2v) is 7.48. The van der Waals surface area contributed by atoms with Gasteiger partial charge in [0.15, 0.2) is 0 Å². The molecule has 0 saturated carbocycles. The van der Waals surface area contributed by atoms with Gasteiger partial charge in [0, 0.05) is 41.5 Å². The SMILES string of the molecule is CCN(CC)C(=O)c1ccc(NC(=O)CN2CCSc3ccccc32)cc1. The minimum Gasteiger partial charge on any atom is -0.360 e. The van der Waals surface area contributed by atoms with Gasteiger partial charge in [-0.15, -0.1) is 11.8 Å². The zero-order valence-electron chi connectivity index (χ0n) is 15.8. The van der Waals surface area contributed by atoms with E-state index in [-0.39, 0.29) is 11.8 Å². The molecule has 142 valence electrons. The Morgan fingerprint density at radius 3 is 2.48 bits per heavy atom. The molecule has 2 aromatic rings. The van der Waals surface area contributed by atoms with Gasteiger partial charge in [-0.05, 0) is 50.2 Å². The highest BCUT2D eigenvalue weighted by molar-refractivity contribution is 7.99. The smallest absolute Gasteiger partial charge is 0.253 e. The van der Waals surface area contributed by atoms with Crippen LogP contribution in [0.15, 0.2) is 53.4 Å². The minimum absolute atomic E-state index is 0.0142. The number of thioether (sulfide) groups is 1. The van der Waals surface area contributed by atoms with Crippen LogP contribution in [0.5, 0.6) is 0 Å². The van der Waals surface area contributed by atoms with Gasteiger partial charge in [-0.1, -0.05) is 12.1 Å². The van der Waals surface area contributed by atoms with Crippen molar-refractivity contribution in [3.05, 3.63) is 54.1 Å². The van der Waals surface area contributed by atoms with E-state index in [0.29, 0.717) is 30.9 Å². The van der Waals surface area contributed by atoms with E-state index in [2.05, 4.69) is 22.3 Å². The lowest BCUT2D eigenvalue weighted by molar-refractivity contribution is -0.115. The molecule has 0 fully saturated rings. The number of carbonyl (C=O) groups is 2. The van der Waals surface area contributed by atoms with Crippen molar-refractivity contribution in [2.45, 2.75) is 18.7 Å². The summed E-state index contributed by atoms with van der Waals surface area (Å²) >= 11 is 1.82. The van der Waals surface area contributed by atoms with Gasteiger partial charge < -0.3 is 15.1 Å². The number of benzene rings is 2. The van der Waals surface area contributed by atoms with E-state index in [0.717, 1.165) is 18.0 Å². The van der Waals surface area contributed by atoms with E-state index >= 15 is 0 Å². The van der Waals surface area contributed by atoms with E-state index < -0.39 is 0 Å². The molecule has 0 spiro atoms. The van der Waals surface area contributed by atoms with Gasteiger partial charge in [0.2, 0.25) is 5.91 Å². The van der Waals surface area contributed by atoms with E-state index in [1.165, 1.54) is 4.90 Å². The molecule has 2 aromatic carbocycles. The fraction of sp³-hybridized carbons (Fsp3) is 0.333. The molecule has 1 aliphatic rings. The summed E-state index contributed by atoms with van der Waals surface area (Å²) in [7, 11) is 0. The van der Waals surface area contributed by atoms with Crippen molar-refractivity contribution in [2.75, 3.05) is 42.1 Å². The van der Waals surface area contributed by atoms with Crippen molar-refractivity contribution < 1.29 is 9.59 Å². The summed E-state index contributed by atoms with van der Waals surface area (Å²) < 4.78 is 0. The molecule has 1 N–H and O–H groups in total. The monoisotopic (exact) mass is 383 g/mol. The molecule has 0 atom stereocenters. The van der Waals surface area contributed by atoms with Crippen LogP contribution in [0.4, 0.5) is 11.4 Å². The first-order chi connectivity index (χ1) is 13.1. The van der Waals surface area contributed by atoms with Crippen LogP contribution in [0.2, 0.25) is 0 Å². The van der Waals surface area contributed by atoms with Crippen molar-refractivity contribution >= 4 is 35.0 Å². The highest BCUT2D eigenvalue weighted by Crippen LogP contribution is 2.34. The number of carbonyl (C=O) groups excluding carboxylic acids is 2. The van der Waals surface area contributed by atoms with E-state index in [1.54, 1.807) is 29.2 Å². The number of nitrogens with one attached hydrogen (secondary N) is 1. The van der Waals surface area contributed by atoms with Crippen LogP contribution in [0.25, 0.3) is 0 Å². The maximum atomic E-state index is 12.5. The Bertz CT molecular complexity index is 803. The van der Waals surface area contributed by atoms with Gasteiger partial charge in [0.05, 0.1) is 12.2 Å². The predicted molar refractivity (Wildman–Crippen MR) is 112 cm³/mol. The predicted octanol–water partition coefficient (Wildman–Crippen LogP) is 3.72. The average Bonchev–Trinajstić information content (AvgIpc) is 2.69. The number of fused-ring (bicyclic) bond motifs is 1. The topological polar surface area (TPSA) is 52.7 Å². The fourth-order valence-corrected chi connectivity index (χ4v) is 4.21. The lowest BCUT2D eigenvalue weighted by Gasteiger charge is -2.30. The van der Waals surface area contributed by atoms with Crippen LogP contribution < -0.4 is 10.2 Å². The molecule has 0 unspecified atom stereocenters. The van der Waals surface area contributed by atoms with Gasteiger partial charge in [0.25, 0.3) is 5.91 Å². The molecular weight excluding hydrogens is 358 g/mol. The van der Waals surface area contributed by atoms with Gasteiger partial charge in [0.1, 0.15) is 0 Å². The van der Waals surface area contributed by atoms with Crippen molar-refractivity contribution in [3.8, 4) is 0 Å². The summed E-state index contributed by atoms with van der Waals surface area (Å²) in [6, 6.07) is 15.3. The fourth-order valence-electron chi connectivity index (χ4n) is 3.15. The highest BCUT2D eigenvalue weighted by Gasteiger charge is 2.19. The average molecular weight is 384 g/mol. The molecule has 6 heteroatoms. The summed E-state index contributed by atoms with van der Waals surface area (Å²) in [6.45, 7) is 6.47. The highest BCUT2D eigenvalue weighted by atomic mass is 32.2. The van der Waals surface area contributed by atoms with Crippen LogP contribution in [0.3, 0.4) is 0 Å². The van der Waals surface area contributed by atoms with Crippen molar-refractivity contribution in [2.24, 2.45) is 0 Å². The second kappa shape index (κ2) is 8.95. The number of hydrogen-bond donors (Lipinski definition) is 1. The molecular formula is C21H25N3O2S. The second-order valence-electron chi connectivity index (χ2n) is 6.34. The summed E-state index contributed by atoms with van der Waals surface area (Å²) in [5.74, 6) is 0.937. The molecule has 2 amide bonds. The first kappa shape index (κ1) is 19.3. The van der Waals surface area contributed by atoms with Gasteiger partial charge in [-0.2, -0.15) is 0 Å². The summed E-state index contributed by atoms with van der Waals surface area (Å²) in [5, 5.41) is 2.93. The van der Waals surface area contributed by atoms with E-state index in [1.807, 2.05) is 37.7 Å². The zero-order chi connectivity index (χ0) is 19.2. The molecule has 0 bridgehead atoms. The number of rotatable bonds is 6. The lowest BCUT2D eigenvalue weighted by Crippen LogP contribution is -2.36. The normalized spacial score (nSPS) is 13.0. The third-order valence-electron chi connectivity index (χ3n) is 4.63. The Kier molecular flexibility index (Phi) is 6.40. The Morgan fingerprint density at radius 1 is 1.07 bits per heavy atom. The number of anilines is 2. The minimum atomic E-state index is -0.0560. The summed E-state index contributed by atoms with van der Waals surface area (Å²) in [6.07, 6.45) is 0. The largest absolute Gasteiger partial charge is 0.360 e. The first-order valence-corrected chi connectivity index (χ1v) is 10.3. The molecule has 0 aliphatic carbocycles. The molecule has 1 aliphatic heterocycles. The quantitative estimate of drug-likeness (QED) is 0.826. The number of hydrogen-bond acceptors (Lipinski definition) is 4. The van der Waals surface area contributed by atoms with Crippen LogP contribution in [0.1, 0.15) is 24.2 Å². The summed E-state index contributed by atoms with van der Waals surface area (Å²) in [5.41, 5.74) is 2.46. The third-order valence-corrected chi connectivity index (χ3v) is 5.67. The Labute approximate surface area is 164 Å². The molecule has 0 aromatic heterocycles. The van der Waals surface area contributed by atoms with Crippen LogP contribution in [-0.2, 0) is 4.79 Å². The number of nitrogens with zero attached hydrogens (tertiary/aromatic N) is 2. The molecule has 27 heavy (non-hydrogen) atoms. The van der Waals surface area contributed by atoms with Crippen LogP contribution in [0, 0.1) is 0 Å². The Hall–Kier alpha value is -2.47. The first-order valence-electron chi connectivity index (χ1n) is 9.28. The zero-order valence-corrected chi connectivity index (χ0v) is 16.6. The van der Waals surface area contributed by atoms with Crippen molar-refractivity contribution in [1.82, 2.24) is 4.90 Å². The molecule has 0 saturated heterocycles. The van der Waals surface area contributed by atoms with Gasteiger partial charge in [-0.3, -0.25) is 9.59 Å². The van der Waals surface area contributed by atoms with Gasteiger partial charge in [-0.25, -0.2) is 0 Å². The molecule has 1 heterocycles. The molecule has 0 radical (unpaired) electrons. The molecule has 5 nitrogen and oxygen atoms in total. The van der Waals surface area contributed by atoms with Crippen LogP contribution in [-0.4, -0.2) is 48.6 Å². The Balaban J connectivity index is 1.61. The van der Waals surface area contributed by atoms with E-state index in [9.17, 15) is 9.59 Å². The standard InChI is InChI=1S/C21H25N3O2S/c1-3-23(4-2)21(26)16-9-11-17(12-10-16)22-20(25)15-24-13-14-27-19-8-6-5-7-18(19)24/h5-12H,3-4,13-15H2,1-2H3,(H,22,25). The van der Waals surface area contributed by atoms with Gasteiger partial charge >= 0.3 is 0 Å². The third kappa shape index (κ3) is 4.63. The number of para-hydroxylation sites is 1. The molecule has 3 rings (SSSR count). The van der Waals surface area contributed by atoms with Crippen molar-refractivity contribution in [3.63, 3.8) is 0 Å². The number of amides is 2.